The molecule has 0 aliphatic carbocycles. The SMILES string of the molecule is CCCNC(=O)[C@H](C)N(Cc1ccc(OC)cc1)C(=O)CN(c1cccc(C)c1)S(=O)(=O)c1ccccc1. The highest BCUT2D eigenvalue weighted by atomic mass is 32.2. The van der Waals surface area contributed by atoms with E-state index in [1.807, 2.05) is 32.0 Å². The normalized spacial score (nSPS) is 11.9. The fourth-order valence-electron chi connectivity index (χ4n) is 3.94. The second-order valence-corrected chi connectivity index (χ2v) is 10.9. The monoisotopic (exact) mass is 537 g/mol. The minimum Gasteiger partial charge on any atom is -0.497 e. The number of carbonyl (C=O) groups excluding carboxylic acids is 2. The van der Waals surface area contributed by atoms with Gasteiger partial charge in [-0.05, 0) is 67.8 Å². The Morgan fingerprint density at radius 1 is 0.974 bits per heavy atom. The molecule has 0 heterocycles. The topological polar surface area (TPSA) is 96.0 Å². The lowest BCUT2D eigenvalue weighted by Gasteiger charge is -2.32. The summed E-state index contributed by atoms with van der Waals surface area (Å²) in [5.74, 6) is -0.136. The van der Waals surface area contributed by atoms with Crippen LogP contribution in [0.2, 0.25) is 0 Å². The van der Waals surface area contributed by atoms with Crippen LogP contribution in [0.3, 0.4) is 0 Å². The third-order valence-corrected chi connectivity index (χ3v) is 7.92. The van der Waals surface area contributed by atoms with Crippen molar-refractivity contribution in [2.24, 2.45) is 0 Å². The largest absolute Gasteiger partial charge is 0.497 e. The van der Waals surface area contributed by atoms with Gasteiger partial charge in [0, 0.05) is 13.1 Å². The van der Waals surface area contributed by atoms with Gasteiger partial charge in [-0.3, -0.25) is 13.9 Å². The Morgan fingerprint density at radius 2 is 1.66 bits per heavy atom. The van der Waals surface area contributed by atoms with Crippen molar-refractivity contribution in [2.45, 2.75) is 44.7 Å². The molecule has 38 heavy (non-hydrogen) atoms. The number of amides is 2. The van der Waals surface area contributed by atoms with Crippen molar-refractivity contribution in [3.8, 4) is 5.75 Å². The molecule has 8 nitrogen and oxygen atoms in total. The van der Waals surface area contributed by atoms with Crippen molar-refractivity contribution in [1.29, 1.82) is 0 Å². The van der Waals surface area contributed by atoms with Crippen molar-refractivity contribution < 1.29 is 22.7 Å². The Hall–Kier alpha value is -3.85. The van der Waals surface area contributed by atoms with Crippen molar-refractivity contribution in [2.75, 3.05) is 24.5 Å². The molecule has 2 amide bonds. The number of hydrogen-bond acceptors (Lipinski definition) is 5. The number of rotatable bonds is 12. The van der Waals surface area contributed by atoms with E-state index in [1.54, 1.807) is 62.6 Å². The van der Waals surface area contributed by atoms with Gasteiger partial charge < -0.3 is 15.0 Å². The van der Waals surface area contributed by atoms with E-state index in [9.17, 15) is 18.0 Å². The van der Waals surface area contributed by atoms with Gasteiger partial charge in [0.2, 0.25) is 11.8 Å². The number of hydrogen-bond donors (Lipinski definition) is 1. The summed E-state index contributed by atoms with van der Waals surface area (Å²) in [6.07, 6.45) is 0.751. The molecular formula is C29H35N3O5S. The van der Waals surface area contributed by atoms with Gasteiger partial charge in [0.15, 0.2) is 0 Å². The van der Waals surface area contributed by atoms with E-state index in [4.69, 9.17) is 4.74 Å². The van der Waals surface area contributed by atoms with Gasteiger partial charge in [0.25, 0.3) is 10.0 Å². The lowest BCUT2D eigenvalue weighted by molar-refractivity contribution is -0.139. The summed E-state index contributed by atoms with van der Waals surface area (Å²) >= 11 is 0. The molecule has 9 heteroatoms. The second-order valence-electron chi connectivity index (χ2n) is 9.00. The highest BCUT2D eigenvalue weighted by molar-refractivity contribution is 7.92. The number of carbonyl (C=O) groups is 2. The Bertz CT molecular complexity index is 1330. The molecule has 0 fully saturated rings. The van der Waals surface area contributed by atoms with E-state index in [0.29, 0.717) is 18.0 Å². The van der Waals surface area contributed by atoms with Crippen LogP contribution in [0.15, 0.2) is 83.8 Å². The van der Waals surface area contributed by atoms with Crippen molar-refractivity contribution in [3.05, 3.63) is 90.0 Å². The molecule has 0 spiro atoms. The van der Waals surface area contributed by atoms with Gasteiger partial charge in [-0.25, -0.2) is 8.42 Å². The summed E-state index contributed by atoms with van der Waals surface area (Å²) in [6.45, 7) is 5.58. The van der Waals surface area contributed by atoms with Crippen LogP contribution in [0.5, 0.6) is 5.75 Å². The molecule has 0 unspecified atom stereocenters. The number of anilines is 1. The van der Waals surface area contributed by atoms with Gasteiger partial charge in [-0.15, -0.1) is 0 Å². The predicted molar refractivity (Wildman–Crippen MR) is 148 cm³/mol. The van der Waals surface area contributed by atoms with Crippen LogP contribution < -0.4 is 14.4 Å². The Morgan fingerprint density at radius 3 is 2.26 bits per heavy atom. The van der Waals surface area contributed by atoms with E-state index < -0.39 is 28.5 Å². The standard InChI is InChI=1S/C29H35N3O5S/c1-5-18-30-29(34)23(3)31(20-24-14-16-26(37-4)17-15-24)28(33)21-32(25-11-9-10-22(2)19-25)38(35,36)27-12-7-6-8-13-27/h6-17,19,23H,5,18,20-21H2,1-4H3,(H,30,34)/t23-/m0/s1. The van der Waals surface area contributed by atoms with Gasteiger partial charge in [-0.2, -0.15) is 0 Å². The first kappa shape index (κ1) is 28.7. The third-order valence-electron chi connectivity index (χ3n) is 6.13. The number of sulfonamides is 1. The molecule has 3 rings (SSSR count). The van der Waals surface area contributed by atoms with Crippen LogP contribution in [-0.4, -0.2) is 51.4 Å². The molecule has 0 aromatic heterocycles. The van der Waals surface area contributed by atoms with Gasteiger partial charge in [0.05, 0.1) is 17.7 Å². The molecule has 1 N–H and O–H groups in total. The molecule has 3 aromatic rings. The average molecular weight is 538 g/mol. The highest BCUT2D eigenvalue weighted by Crippen LogP contribution is 2.25. The lowest BCUT2D eigenvalue weighted by Crippen LogP contribution is -2.51. The molecule has 1 atom stereocenters. The summed E-state index contributed by atoms with van der Waals surface area (Å²) in [6, 6.07) is 21.3. The minimum atomic E-state index is -4.07. The first-order valence-corrected chi connectivity index (χ1v) is 14.0. The number of nitrogens with one attached hydrogen (secondary N) is 1. The molecule has 3 aromatic carbocycles. The summed E-state index contributed by atoms with van der Waals surface area (Å²) in [5.41, 5.74) is 2.00. The number of nitrogens with zero attached hydrogens (tertiary/aromatic N) is 2. The molecule has 0 bridgehead atoms. The number of benzene rings is 3. The molecular weight excluding hydrogens is 502 g/mol. The van der Waals surface area contributed by atoms with Gasteiger partial charge in [-0.1, -0.05) is 49.4 Å². The summed E-state index contributed by atoms with van der Waals surface area (Å²) < 4.78 is 33.8. The Labute approximate surface area is 225 Å². The number of aryl methyl sites for hydroxylation is 1. The molecule has 0 aliphatic heterocycles. The van der Waals surface area contributed by atoms with Crippen molar-refractivity contribution in [1.82, 2.24) is 10.2 Å². The zero-order valence-electron chi connectivity index (χ0n) is 22.3. The number of ether oxygens (including phenoxy) is 1. The lowest BCUT2D eigenvalue weighted by atomic mass is 10.1. The smallest absolute Gasteiger partial charge is 0.264 e. The van der Waals surface area contributed by atoms with Crippen LogP contribution >= 0.6 is 0 Å². The van der Waals surface area contributed by atoms with E-state index in [2.05, 4.69) is 5.32 Å². The maximum Gasteiger partial charge on any atom is 0.264 e. The maximum absolute atomic E-state index is 13.9. The summed E-state index contributed by atoms with van der Waals surface area (Å²) in [7, 11) is -2.51. The molecule has 0 aliphatic rings. The van der Waals surface area contributed by atoms with Crippen molar-refractivity contribution >= 4 is 27.5 Å². The Balaban J connectivity index is 2.00. The van der Waals surface area contributed by atoms with E-state index >= 15 is 0 Å². The second kappa shape index (κ2) is 13.1. The fraction of sp³-hybridized carbons (Fsp3) is 0.310. The summed E-state index contributed by atoms with van der Waals surface area (Å²) in [4.78, 5) is 28.2. The quantitative estimate of drug-likeness (QED) is 0.375. The Kier molecular flexibility index (Phi) is 9.90. The van der Waals surface area contributed by atoms with Crippen LogP contribution in [0, 0.1) is 6.92 Å². The third kappa shape index (κ3) is 7.13. The van der Waals surface area contributed by atoms with Crippen molar-refractivity contribution in [3.63, 3.8) is 0 Å². The van der Waals surface area contributed by atoms with Gasteiger partial charge >= 0.3 is 0 Å². The van der Waals surface area contributed by atoms with E-state index in [0.717, 1.165) is 21.9 Å². The number of methoxy groups -OCH3 is 1. The molecule has 202 valence electrons. The van der Waals surface area contributed by atoms with Crippen LogP contribution in [-0.2, 0) is 26.2 Å². The minimum absolute atomic E-state index is 0.0738. The molecule has 0 saturated carbocycles. The maximum atomic E-state index is 13.9. The fourth-order valence-corrected chi connectivity index (χ4v) is 5.36. The van der Waals surface area contributed by atoms with Crippen LogP contribution in [0.1, 0.15) is 31.4 Å². The predicted octanol–water partition coefficient (Wildman–Crippen LogP) is 4.14. The van der Waals surface area contributed by atoms with E-state index in [-0.39, 0.29) is 17.3 Å². The average Bonchev–Trinajstić information content (AvgIpc) is 2.93. The first-order valence-electron chi connectivity index (χ1n) is 12.5. The highest BCUT2D eigenvalue weighted by Gasteiger charge is 2.32. The zero-order valence-corrected chi connectivity index (χ0v) is 23.1. The molecule has 0 saturated heterocycles. The summed E-state index contributed by atoms with van der Waals surface area (Å²) in [5, 5.41) is 2.84. The zero-order chi connectivity index (χ0) is 27.7. The first-order chi connectivity index (χ1) is 18.2. The van der Waals surface area contributed by atoms with Crippen LogP contribution in [0.25, 0.3) is 0 Å². The molecule has 0 radical (unpaired) electrons. The van der Waals surface area contributed by atoms with Gasteiger partial charge in [0.1, 0.15) is 18.3 Å². The van der Waals surface area contributed by atoms with Crippen LogP contribution in [0.4, 0.5) is 5.69 Å². The van der Waals surface area contributed by atoms with E-state index in [1.165, 1.54) is 17.0 Å².